The summed E-state index contributed by atoms with van der Waals surface area (Å²) < 4.78 is 5.48. The number of carbonyl (C=O) groups excluding carboxylic acids is 1. The van der Waals surface area contributed by atoms with Gasteiger partial charge in [-0.25, -0.2) is 0 Å². The minimum atomic E-state index is -0.0695. The average Bonchev–Trinajstić information content (AvgIpc) is 2.49. The number of amides is 1. The summed E-state index contributed by atoms with van der Waals surface area (Å²) >= 11 is 0. The highest BCUT2D eigenvalue weighted by Gasteiger charge is 2.23. The van der Waals surface area contributed by atoms with Crippen molar-refractivity contribution in [1.29, 1.82) is 0 Å². The number of rotatable bonds is 0. The second-order valence-electron chi connectivity index (χ2n) is 3.53. The van der Waals surface area contributed by atoms with Crippen LogP contribution in [0.15, 0.2) is 60.7 Å². The fraction of sp³-hybridized carbons (Fsp3) is 0. The molecule has 3 heteroatoms. The SMILES string of the molecule is O=C1c2ccccc2OC=C2C=CC=CN12. The molecule has 0 aromatic heterocycles. The van der Waals surface area contributed by atoms with Crippen molar-refractivity contribution in [3.05, 3.63) is 66.2 Å². The van der Waals surface area contributed by atoms with Gasteiger partial charge in [-0.1, -0.05) is 18.2 Å². The lowest BCUT2D eigenvalue weighted by molar-refractivity contribution is 0.0862. The molecule has 1 aromatic carbocycles. The fourth-order valence-corrected chi connectivity index (χ4v) is 1.74. The van der Waals surface area contributed by atoms with Crippen LogP contribution in [-0.4, -0.2) is 10.8 Å². The highest BCUT2D eigenvalue weighted by atomic mass is 16.5. The van der Waals surface area contributed by atoms with Gasteiger partial charge >= 0.3 is 0 Å². The standard InChI is InChI=1S/C13H9NO2/c15-13-11-6-1-2-7-12(11)16-9-10-5-3-4-8-14(10)13/h1-9H. The maximum Gasteiger partial charge on any atom is 0.266 e. The van der Waals surface area contributed by atoms with Crippen LogP contribution in [0, 0.1) is 0 Å². The van der Waals surface area contributed by atoms with Crippen LogP contribution in [0.4, 0.5) is 0 Å². The van der Waals surface area contributed by atoms with Crippen LogP contribution in [-0.2, 0) is 0 Å². The Morgan fingerprint density at radius 1 is 1.12 bits per heavy atom. The molecule has 0 fully saturated rings. The van der Waals surface area contributed by atoms with Gasteiger partial charge in [0, 0.05) is 6.20 Å². The normalized spacial score (nSPS) is 17.1. The number of carbonyl (C=O) groups is 1. The number of hydrogen-bond donors (Lipinski definition) is 0. The second-order valence-corrected chi connectivity index (χ2v) is 3.53. The van der Waals surface area contributed by atoms with E-state index in [0.717, 1.165) is 5.70 Å². The maximum absolute atomic E-state index is 12.2. The van der Waals surface area contributed by atoms with Crippen LogP contribution in [0.1, 0.15) is 10.4 Å². The van der Waals surface area contributed by atoms with E-state index in [1.165, 1.54) is 0 Å². The number of para-hydroxylation sites is 1. The first-order chi connectivity index (χ1) is 7.86. The van der Waals surface area contributed by atoms with E-state index in [4.69, 9.17) is 4.74 Å². The van der Waals surface area contributed by atoms with Crippen molar-refractivity contribution in [2.45, 2.75) is 0 Å². The molecule has 2 aliphatic heterocycles. The van der Waals surface area contributed by atoms with E-state index in [1.54, 1.807) is 29.5 Å². The van der Waals surface area contributed by atoms with Crippen LogP contribution in [0.5, 0.6) is 5.75 Å². The lowest BCUT2D eigenvalue weighted by Crippen LogP contribution is -2.24. The Morgan fingerprint density at radius 2 is 2.00 bits per heavy atom. The predicted molar refractivity (Wildman–Crippen MR) is 59.6 cm³/mol. The molecule has 0 atom stereocenters. The number of nitrogens with zero attached hydrogens (tertiary/aromatic N) is 1. The van der Waals surface area contributed by atoms with Gasteiger partial charge < -0.3 is 4.74 Å². The Kier molecular flexibility index (Phi) is 1.90. The van der Waals surface area contributed by atoms with E-state index in [9.17, 15) is 4.79 Å². The third-order valence-electron chi connectivity index (χ3n) is 2.53. The number of ether oxygens (including phenoxy) is 1. The Morgan fingerprint density at radius 3 is 2.94 bits per heavy atom. The van der Waals surface area contributed by atoms with Gasteiger partial charge in [0.25, 0.3) is 5.91 Å². The molecule has 0 bridgehead atoms. The summed E-state index contributed by atoms with van der Waals surface area (Å²) in [6.07, 6.45) is 8.85. The van der Waals surface area contributed by atoms with E-state index in [1.807, 2.05) is 30.4 Å². The monoisotopic (exact) mass is 211 g/mol. The minimum Gasteiger partial charge on any atom is -0.462 e. The minimum absolute atomic E-state index is 0.0695. The van der Waals surface area contributed by atoms with Crippen LogP contribution < -0.4 is 4.74 Å². The smallest absolute Gasteiger partial charge is 0.266 e. The largest absolute Gasteiger partial charge is 0.462 e. The van der Waals surface area contributed by atoms with Crippen molar-refractivity contribution >= 4 is 5.91 Å². The highest BCUT2D eigenvalue weighted by molar-refractivity contribution is 5.99. The molecule has 1 amide bonds. The van der Waals surface area contributed by atoms with E-state index < -0.39 is 0 Å². The Labute approximate surface area is 92.9 Å². The number of fused-ring (bicyclic) bond motifs is 2. The summed E-state index contributed by atoms with van der Waals surface area (Å²) in [6, 6.07) is 7.23. The Hall–Kier alpha value is -2.29. The van der Waals surface area contributed by atoms with E-state index >= 15 is 0 Å². The first-order valence-electron chi connectivity index (χ1n) is 5.00. The fourth-order valence-electron chi connectivity index (χ4n) is 1.74. The number of hydrogen-bond acceptors (Lipinski definition) is 2. The van der Waals surface area contributed by atoms with Crippen molar-refractivity contribution in [2.24, 2.45) is 0 Å². The zero-order valence-electron chi connectivity index (χ0n) is 8.46. The van der Waals surface area contributed by atoms with Gasteiger partial charge in [-0.05, 0) is 24.3 Å². The molecule has 1 aromatic rings. The summed E-state index contributed by atoms with van der Waals surface area (Å²) in [7, 11) is 0. The third kappa shape index (κ3) is 1.26. The molecule has 0 unspecified atom stereocenters. The average molecular weight is 211 g/mol. The zero-order chi connectivity index (χ0) is 11.0. The molecule has 3 nitrogen and oxygen atoms in total. The van der Waals surface area contributed by atoms with Crippen LogP contribution in [0.2, 0.25) is 0 Å². The van der Waals surface area contributed by atoms with Crippen molar-refractivity contribution < 1.29 is 9.53 Å². The molecule has 0 radical (unpaired) electrons. The maximum atomic E-state index is 12.2. The lowest BCUT2D eigenvalue weighted by atomic mass is 10.1. The molecule has 2 heterocycles. The molecule has 2 aliphatic rings. The third-order valence-corrected chi connectivity index (χ3v) is 2.53. The summed E-state index contributed by atoms with van der Waals surface area (Å²) in [4.78, 5) is 13.8. The van der Waals surface area contributed by atoms with Crippen LogP contribution >= 0.6 is 0 Å². The summed E-state index contributed by atoms with van der Waals surface area (Å²) in [5.41, 5.74) is 1.32. The quantitative estimate of drug-likeness (QED) is 0.659. The topological polar surface area (TPSA) is 29.5 Å². The molecule has 3 rings (SSSR count). The molecule has 78 valence electrons. The number of allylic oxidation sites excluding steroid dienone is 3. The first kappa shape index (κ1) is 8.97. The molecule has 16 heavy (non-hydrogen) atoms. The van der Waals surface area contributed by atoms with Gasteiger partial charge in [-0.2, -0.15) is 0 Å². The summed E-state index contributed by atoms with van der Waals surface area (Å²) in [5.74, 6) is 0.524. The molecule has 0 N–H and O–H groups in total. The van der Waals surface area contributed by atoms with Crippen molar-refractivity contribution in [3.8, 4) is 5.75 Å². The van der Waals surface area contributed by atoms with Gasteiger partial charge in [-0.15, -0.1) is 0 Å². The predicted octanol–water partition coefficient (Wildman–Crippen LogP) is 2.45. The van der Waals surface area contributed by atoms with Crippen LogP contribution in [0.3, 0.4) is 0 Å². The summed E-state index contributed by atoms with van der Waals surface area (Å²) in [5, 5.41) is 0. The molecule has 0 spiro atoms. The number of benzene rings is 1. The Balaban J connectivity index is 2.15. The molecular formula is C13H9NO2. The van der Waals surface area contributed by atoms with Crippen LogP contribution in [0.25, 0.3) is 0 Å². The summed E-state index contributed by atoms with van der Waals surface area (Å²) in [6.45, 7) is 0. The van der Waals surface area contributed by atoms with Gasteiger partial charge in [0.2, 0.25) is 0 Å². The van der Waals surface area contributed by atoms with E-state index in [2.05, 4.69) is 0 Å². The van der Waals surface area contributed by atoms with Crippen molar-refractivity contribution in [3.63, 3.8) is 0 Å². The molecule has 0 saturated heterocycles. The van der Waals surface area contributed by atoms with E-state index in [0.29, 0.717) is 11.3 Å². The van der Waals surface area contributed by atoms with Crippen molar-refractivity contribution in [2.75, 3.05) is 0 Å². The van der Waals surface area contributed by atoms with Gasteiger partial charge in [0.05, 0.1) is 11.3 Å². The second kappa shape index (κ2) is 3.38. The van der Waals surface area contributed by atoms with Gasteiger partial charge in [0.1, 0.15) is 12.0 Å². The first-order valence-corrected chi connectivity index (χ1v) is 5.00. The van der Waals surface area contributed by atoms with E-state index in [-0.39, 0.29) is 5.91 Å². The highest BCUT2D eigenvalue weighted by Crippen LogP contribution is 2.27. The van der Waals surface area contributed by atoms with Gasteiger partial charge in [0.15, 0.2) is 0 Å². The lowest BCUT2D eigenvalue weighted by Gasteiger charge is -2.18. The molecule has 0 aliphatic carbocycles. The van der Waals surface area contributed by atoms with Gasteiger partial charge in [-0.3, -0.25) is 9.69 Å². The zero-order valence-corrected chi connectivity index (χ0v) is 8.46. The Bertz CT molecular complexity index is 541. The molecular weight excluding hydrogens is 202 g/mol. The van der Waals surface area contributed by atoms with Crippen molar-refractivity contribution in [1.82, 2.24) is 4.90 Å². The molecule has 0 saturated carbocycles.